The lowest BCUT2D eigenvalue weighted by atomic mass is 9.99. The molecule has 0 aliphatic heterocycles. The zero-order chi connectivity index (χ0) is 15.9. The Morgan fingerprint density at radius 2 is 1.00 bits per heavy atom. The van der Waals surface area contributed by atoms with Gasteiger partial charge in [0.05, 0.1) is 0 Å². The van der Waals surface area contributed by atoms with Crippen LogP contribution in [0, 0.1) is 24.7 Å². The number of Topliss-reactive ketones (excluding diaryl/α,β-unsaturated/α-hetero) is 2. The van der Waals surface area contributed by atoms with Crippen LogP contribution < -0.4 is 0 Å². The molecule has 2 rings (SSSR count). The minimum Gasteiger partial charge on any atom is -0.285 e. The van der Waals surface area contributed by atoms with Gasteiger partial charge in [-0.05, 0) is 11.1 Å². The lowest BCUT2D eigenvalue weighted by Gasteiger charge is -2.03. The number of terminal acetylenes is 2. The van der Waals surface area contributed by atoms with Crippen LogP contribution >= 0.6 is 0 Å². The molecule has 22 heavy (non-hydrogen) atoms. The van der Waals surface area contributed by atoms with E-state index in [0.717, 1.165) is 11.1 Å². The molecule has 0 N–H and O–H groups in total. The predicted molar refractivity (Wildman–Crippen MR) is 86.6 cm³/mol. The van der Waals surface area contributed by atoms with Crippen molar-refractivity contribution in [3.8, 4) is 24.7 Å². The second kappa shape index (κ2) is 7.07. The molecule has 0 saturated heterocycles. The van der Waals surface area contributed by atoms with Gasteiger partial charge in [0.15, 0.2) is 0 Å². The highest BCUT2D eigenvalue weighted by Gasteiger charge is 2.18. The summed E-state index contributed by atoms with van der Waals surface area (Å²) < 4.78 is 0. The van der Waals surface area contributed by atoms with E-state index in [1.165, 1.54) is 0 Å². The molecule has 0 heterocycles. The Bertz CT molecular complexity index is 697. The van der Waals surface area contributed by atoms with Gasteiger partial charge in [-0.1, -0.05) is 48.5 Å². The van der Waals surface area contributed by atoms with Crippen molar-refractivity contribution in [2.45, 2.75) is 12.8 Å². The van der Waals surface area contributed by atoms with Crippen molar-refractivity contribution in [1.82, 2.24) is 0 Å². The van der Waals surface area contributed by atoms with Crippen LogP contribution in [0.15, 0.2) is 48.5 Å². The molecule has 0 unspecified atom stereocenters. The highest BCUT2D eigenvalue weighted by Crippen LogP contribution is 2.11. The number of rotatable bonds is 5. The maximum atomic E-state index is 12.2. The fourth-order valence-electron chi connectivity index (χ4n) is 2.05. The second-order valence-electron chi connectivity index (χ2n) is 4.81. The number of carbonyl (C=O) groups is 2. The molecule has 2 aromatic carbocycles. The summed E-state index contributed by atoms with van der Waals surface area (Å²) in [6, 6.07) is 13.5. The fraction of sp³-hybridized carbons (Fsp3) is 0.100. The van der Waals surface area contributed by atoms with E-state index in [0.29, 0.717) is 24.0 Å². The van der Waals surface area contributed by atoms with Gasteiger partial charge in [-0.25, -0.2) is 0 Å². The molecule has 2 aromatic rings. The van der Waals surface area contributed by atoms with Crippen LogP contribution in [-0.4, -0.2) is 11.6 Å². The largest absolute Gasteiger partial charge is 0.285 e. The quantitative estimate of drug-likeness (QED) is 0.481. The molecular formula is C20H14O2. The molecule has 0 radical (unpaired) electrons. The van der Waals surface area contributed by atoms with E-state index in [9.17, 15) is 9.59 Å². The van der Waals surface area contributed by atoms with Gasteiger partial charge in [0, 0.05) is 24.0 Å². The lowest BCUT2D eigenvalue weighted by molar-refractivity contribution is 0.0817. The normalized spacial score (nSPS) is 9.55. The van der Waals surface area contributed by atoms with Gasteiger partial charge in [-0.2, -0.15) is 0 Å². The Labute approximate surface area is 130 Å². The van der Waals surface area contributed by atoms with Crippen LogP contribution in [0.3, 0.4) is 0 Å². The van der Waals surface area contributed by atoms with Crippen LogP contribution in [0.2, 0.25) is 0 Å². The maximum Gasteiger partial charge on any atom is 0.233 e. The average molecular weight is 286 g/mol. The summed E-state index contributed by atoms with van der Waals surface area (Å²) >= 11 is 0. The number of hydrogen-bond acceptors (Lipinski definition) is 2. The highest BCUT2D eigenvalue weighted by molar-refractivity contribution is 6.49. The maximum absolute atomic E-state index is 12.2. The Morgan fingerprint density at radius 3 is 1.27 bits per heavy atom. The van der Waals surface area contributed by atoms with Crippen molar-refractivity contribution < 1.29 is 9.59 Å². The van der Waals surface area contributed by atoms with Crippen LogP contribution in [-0.2, 0) is 12.8 Å². The van der Waals surface area contributed by atoms with Crippen LogP contribution in [0.1, 0.15) is 31.8 Å². The van der Waals surface area contributed by atoms with Crippen LogP contribution in [0.25, 0.3) is 0 Å². The molecule has 0 bridgehead atoms. The van der Waals surface area contributed by atoms with Gasteiger partial charge in [0.25, 0.3) is 0 Å². The number of hydrogen-bond donors (Lipinski definition) is 0. The van der Waals surface area contributed by atoms with Gasteiger partial charge in [0.1, 0.15) is 0 Å². The summed E-state index contributed by atoms with van der Waals surface area (Å²) in [4.78, 5) is 24.4. The van der Waals surface area contributed by atoms with Crippen molar-refractivity contribution in [1.29, 1.82) is 0 Å². The Kier molecular flexibility index (Phi) is 4.91. The van der Waals surface area contributed by atoms with E-state index in [2.05, 4.69) is 11.8 Å². The van der Waals surface area contributed by atoms with E-state index in [-0.39, 0.29) is 0 Å². The van der Waals surface area contributed by atoms with E-state index < -0.39 is 11.6 Å². The molecule has 0 aliphatic rings. The van der Waals surface area contributed by atoms with Crippen molar-refractivity contribution >= 4 is 11.6 Å². The van der Waals surface area contributed by atoms with E-state index >= 15 is 0 Å². The van der Waals surface area contributed by atoms with Gasteiger partial charge in [-0.15, -0.1) is 24.7 Å². The molecule has 0 aromatic heterocycles. The fourth-order valence-corrected chi connectivity index (χ4v) is 2.05. The van der Waals surface area contributed by atoms with Gasteiger partial charge < -0.3 is 0 Å². The smallest absolute Gasteiger partial charge is 0.233 e. The third-order valence-corrected chi connectivity index (χ3v) is 3.25. The number of carbonyl (C=O) groups excluding carboxylic acids is 2. The summed E-state index contributed by atoms with van der Waals surface area (Å²) in [5.41, 5.74) is 2.59. The van der Waals surface area contributed by atoms with Crippen molar-refractivity contribution in [2.24, 2.45) is 0 Å². The summed E-state index contributed by atoms with van der Waals surface area (Å²) in [5.74, 6) is 4.00. The topological polar surface area (TPSA) is 34.1 Å². The SMILES string of the molecule is C#CCc1ccc(C(=O)C(=O)c2ccc(CC#C)cc2)cc1. The predicted octanol–water partition coefficient (Wildman–Crippen LogP) is 3.10. The Morgan fingerprint density at radius 1 is 0.682 bits per heavy atom. The molecule has 0 amide bonds. The molecule has 0 aliphatic carbocycles. The minimum absolute atomic E-state index is 0.360. The summed E-state index contributed by atoms with van der Waals surface area (Å²) in [6.45, 7) is 0. The van der Waals surface area contributed by atoms with E-state index in [1.807, 2.05) is 0 Å². The first-order valence-electron chi connectivity index (χ1n) is 6.79. The first kappa shape index (κ1) is 15.3. The van der Waals surface area contributed by atoms with Gasteiger partial charge >= 0.3 is 0 Å². The third-order valence-electron chi connectivity index (χ3n) is 3.25. The highest BCUT2D eigenvalue weighted by atomic mass is 16.2. The lowest BCUT2D eigenvalue weighted by Crippen LogP contribution is -2.14. The molecule has 0 spiro atoms. The molecule has 0 saturated carbocycles. The van der Waals surface area contributed by atoms with Crippen molar-refractivity contribution in [3.05, 3.63) is 70.8 Å². The number of ketones is 2. The van der Waals surface area contributed by atoms with E-state index in [1.54, 1.807) is 48.5 Å². The monoisotopic (exact) mass is 286 g/mol. The summed E-state index contributed by atoms with van der Waals surface area (Å²) in [5, 5.41) is 0. The first-order chi connectivity index (χ1) is 10.7. The molecule has 2 nitrogen and oxygen atoms in total. The zero-order valence-corrected chi connectivity index (χ0v) is 12.0. The first-order valence-corrected chi connectivity index (χ1v) is 6.79. The standard InChI is InChI=1S/C20H14O2/c1-3-5-15-7-11-17(12-8-15)19(21)20(22)18-13-9-16(6-4-2)10-14-18/h1-2,7-14H,5-6H2. The average Bonchev–Trinajstić information content (AvgIpc) is 2.55. The molecule has 0 atom stereocenters. The summed E-state index contributed by atoms with van der Waals surface area (Å²) in [7, 11) is 0. The van der Waals surface area contributed by atoms with Crippen molar-refractivity contribution in [3.63, 3.8) is 0 Å². The molecule has 106 valence electrons. The van der Waals surface area contributed by atoms with Crippen LogP contribution in [0.5, 0.6) is 0 Å². The Hall–Kier alpha value is -3.10. The molecule has 2 heteroatoms. The zero-order valence-electron chi connectivity index (χ0n) is 12.0. The van der Waals surface area contributed by atoms with Crippen LogP contribution in [0.4, 0.5) is 0 Å². The molecule has 0 fully saturated rings. The van der Waals surface area contributed by atoms with Gasteiger partial charge in [-0.3, -0.25) is 9.59 Å². The Balaban J connectivity index is 2.16. The van der Waals surface area contributed by atoms with Crippen molar-refractivity contribution in [2.75, 3.05) is 0 Å². The minimum atomic E-state index is -0.531. The van der Waals surface area contributed by atoms with E-state index in [4.69, 9.17) is 12.8 Å². The second-order valence-corrected chi connectivity index (χ2v) is 4.81. The third kappa shape index (κ3) is 3.51. The summed E-state index contributed by atoms with van der Waals surface area (Å²) in [6.07, 6.45) is 11.5. The number of benzene rings is 2. The van der Waals surface area contributed by atoms with Gasteiger partial charge in [0.2, 0.25) is 11.6 Å². The molecular weight excluding hydrogens is 272 g/mol.